The van der Waals surface area contributed by atoms with Gasteiger partial charge in [0.1, 0.15) is 0 Å². The molecule has 1 rings (SSSR count). The molecule has 66 valence electrons. The molecule has 0 heterocycles. The number of quaternary nitrogens is 1. The van der Waals surface area contributed by atoms with E-state index in [9.17, 15) is 0 Å². The van der Waals surface area contributed by atoms with Crippen LogP contribution in [0.1, 0.15) is 5.56 Å². The Morgan fingerprint density at radius 1 is 1.33 bits per heavy atom. The second kappa shape index (κ2) is 4.91. The third-order valence-corrected chi connectivity index (χ3v) is 2.08. The molecule has 0 bridgehead atoms. The zero-order valence-electron chi connectivity index (χ0n) is 7.59. The van der Waals surface area contributed by atoms with Crippen LogP contribution < -0.4 is 11.1 Å². The molecule has 0 radical (unpaired) electrons. The van der Waals surface area contributed by atoms with E-state index in [2.05, 4.69) is 35.3 Å². The molecule has 1 aromatic rings. The molecule has 0 aliphatic heterocycles. The highest BCUT2D eigenvalue weighted by atomic mass is 14.9. The lowest BCUT2D eigenvalue weighted by atomic mass is 10.1. The van der Waals surface area contributed by atoms with E-state index in [1.807, 2.05) is 13.1 Å². The fraction of sp³-hybridized carbons (Fsp3) is 0.400. The molecule has 0 saturated carbocycles. The van der Waals surface area contributed by atoms with Gasteiger partial charge >= 0.3 is 0 Å². The van der Waals surface area contributed by atoms with Gasteiger partial charge in [-0.25, -0.2) is 0 Å². The lowest BCUT2D eigenvalue weighted by Crippen LogP contribution is -2.59. The largest absolute Gasteiger partial charge is 0.356 e. The minimum atomic E-state index is 0.507. The summed E-state index contributed by atoms with van der Waals surface area (Å²) in [6, 6.07) is 11.0. The summed E-state index contributed by atoms with van der Waals surface area (Å²) in [5.41, 5.74) is 5.27. The Hall–Kier alpha value is -0.860. The summed E-state index contributed by atoms with van der Waals surface area (Å²) >= 11 is 0. The second-order valence-corrected chi connectivity index (χ2v) is 2.96. The molecule has 2 heteroatoms. The van der Waals surface area contributed by atoms with E-state index in [1.54, 1.807) is 0 Å². The number of rotatable bonds is 4. The summed E-state index contributed by atoms with van der Waals surface area (Å²) in [7, 11) is 1.98. The van der Waals surface area contributed by atoms with Crippen LogP contribution in [0.3, 0.4) is 0 Å². The van der Waals surface area contributed by atoms with E-state index in [-0.39, 0.29) is 0 Å². The van der Waals surface area contributed by atoms with Crippen molar-refractivity contribution in [2.75, 3.05) is 13.6 Å². The van der Waals surface area contributed by atoms with Crippen LogP contribution in [-0.2, 0) is 6.42 Å². The zero-order valence-corrected chi connectivity index (χ0v) is 7.59. The van der Waals surface area contributed by atoms with Crippen molar-refractivity contribution in [1.82, 2.24) is 5.32 Å². The SMILES string of the molecule is CN[C@H](C[NH3+])Cc1ccccc1. The van der Waals surface area contributed by atoms with Crippen molar-refractivity contribution < 1.29 is 5.73 Å². The number of hydrogen-bond donors (Lipinski definition) is 2. The topological polar surface area (TPSA) is 39.7 Å². The molecular formula is C10H17N2+. The average Bonchev–Trinajstić information content (AvgIpc) is 2.16. The Labute approximate surface area is 73.8 Å². The van der Waals surface area contributed by atoms with Crippen molar-refractivity contribution in [2.45, 2.75) is 12.5 Å². The highest BCUT2D eigenvalue weighted by Gasteiger charge is 2.05. The first kappa shape index (κ1) is 9.23. The van der Waals surface area contributed by atoms with E-state index < -0.39 is 0 Å². The maximum atomic E-state index is 3.89. The number of benzene rings is 1. The molecule has 0 amide bonds. The van der Waals surface area contributed by atoms with E-state index in [4.69, 9.17) is 0 Å². The predicted octanol–water partition coefficient (Wildman–Crippen LogP) is 0.0590. The fourth-order valence-corrected chi connectivity index (χ4v) is 1.25. The number of nitrogens with one attached hydrogen (secondary N) is 1. The molecule has 0 spiro atoms. The van der Waals surface area contributed by atoms with Crippen molar-refractivity contribution in [1.29, 1.82) is 0 Å². The lowest BCUT2D eigenvalue weighted by Gasteiger charge is -2.10. The summed E-state index contributed by atoms with van der Waals surface area (Å²) in [6.45, 7) is 0.936. The van der Waals surface area contributed by atoms with Gasteiger partial charge in [-0.1, -0.05) is 30.3 Å². The van der Waals surface area contributed by atoms with Gasteiger partial charge < -0.3 is 11.1 Å². The van der Waals surface area contributed by atoms with Gasteiger partial charge in [-0.3, -0.25) is 0 Å². The Kier molecular flexibility index (Phi) is 3.77. The van der Waals surface area contributed by atoms with Gasteiger partial charge in [0.05, 0.1) is 12.6 Å². The van der Waals surface area contributed by atoms with Crippen molar-refractivity contribution in [3.63, 3.8) is 0 Å². The molecule has 0 fully saturated rings. The van der Waals surface area contributed by atoms with Gasteiger partial charge in [-0.05, 0) is 19.0 Å². The standard InChI is InChI=1S/C10H16N2/c1-12-10(8-11)7-9-5-3-2-4-6-9/h2-6,10,12H,7-8,11H2,1H3/p+1/t10-/m0/s1. The fourth-order valence-electron chi connectivity index (χ4n) is 1.25. The number of likely N-dealkylation sites (N-methyl/N-ethyl adjacent to an activating group) is 1. The van der Waals surface area contributed by atoms with Crippen molar-refractivity contribution in [2.24, 2.45) is 0 Å². The van der Waals surface area contributed by atoms with Crippen LogP contribution in [0.25, 0.3) is 0 Å². The van der Waals surface area contributed by atoms with Gasteiger partial charge in [0.15, 0.2) is 0 Å². The maximum absolute atomic E-state index is 3.89. The highest BCUT2D eigenvalue weighted by molar-refractivity contribution is 5.15. The predicted molar refractivity (Wildman–Crippen MR) is 50.7 cm³/mol. The number of hydrogen-bond acceptors (Lipinski definition) is 1. The average molecular weight is 165 g/mol. The minimum Gasteiger partial charge on any atom is -0.356 e. The van der Waals surface area contributed by atoms with Crippen LogP contribution in [0.15, 0.2) is 30.3 Å². The molecule has 0 unspecified atom stereocenters. The molecular weight excluding hydrogens is 148 g/mol. The molecule has 1 atom stereocenters. The molecule has 0 aliphatic rings. The first-order valence-electron chi connectivity index (χ1n) is 4.37. The molecule has 12 heavy (non-hydrogen) atoms. The van der Waals surface area contributed by atoms with Crippen LogP contribution in [0, 0.1) is 0 Å². The van der Waals surface area contributed by atoms with Crippen molar-refractivity contribution >= 4 is 0 Å². The Balaban J connectivity index is 2.51. The molecule has 0 saturated heterocycles. The van der Waals surface area contributed by atoms with Crippen LogP contribution in [-0.4, -0.2) is 19.6 Å². The van der Waals surface area contributed by atoms with E-state index in [0.717, 1.165) is 13.0 Å². The second-order valence-electron chi connectivity index (χ2n) is 2.96. The van der Waals surface area contributed by atoms with Crippen molar-refractivity contribution in [3.05, 3.63) is 35.9 Å². The first-order valence-corrected chi connectivity index (χ1v) is 4.37. The summed E-state index contributed by atoms with van der Waals surface area (Å²) < 4.78 is 0. The van der Waals surface area contributed by atoms with E-state index >= 15 is 0 Å². The van der Waals surface area contributed by atoms with Gasteiger partial charge in [-0.2, -0.15) is 0 Å². The maximum Gasteiger partial charge on any atom is 0.0899 e. The third-order valence-electron chi connectivity index (χ3n) is 2.08. The molecule has 0 aromatic heterocycles. The highest BCUT2D eigenvalue weighted by Crippen LogP contribution is 2.01. The summed E-state index contributed by atoms with van der Waals surface area (Å²) in [5.74, 6) is 0. The zero-order chi connectivity index (χ0) is 8.81. The van der Waals surface area contributed by atoms with Crippen molar-refractivity contribution in [3.8, 4) is 0 Å². The van der Waals surface area contributed by atoms with Gasteiger partial charge in [0, 0.05) is 0 Å². The quantitative estimate of drug-likeness (QED) is 0.650. The van der Waals surface area contributed by atoms with Gasteiger partial charge in [-0.15, -0.1) is 0 Å². The minimum absolute atomic E-state index is 0.507. The Morgan fingerprint density at radius 3 is 2.50 bits per heavy atom. The van der Waals surface area contributed by atoms with Crippen LogP contribution in [0.5, 0.6) is 0 Å². The monoisotopic (exact) mass is 165 g/mol. The summed E-state index contributed by atoms with van der Waals surface area (Å²) in [5, 5.41) is 3.24. The molecule has 4 N–H and O–H groups in total. The van der Waals surface area contributed by atoms with E-state index in [0.29, 0.717) is 6.04 Å². The van der Waals surface area contributed by atoms with Gasteiger partial charge in [0.25, 0.3) is 0 Å². The molecule has 1 aromatic carbocycles. The van der Waals surface area contributed by atoms with Gasteiger partial charge in [0.2, 0.25) is 0 Å². The van der Waals surface area contributed by atoms with E-state index in [1.165, 1.54) is 5.56 Å². The summed E-state index contributed by atoms with van der Waals surface area (Å²) in [4.78, 5) is 0. The molecule has 0 aliphatic carbocycles. The van der Waals surface area contributed by atoms with Crippen LogP contribution in [0.4, 0.5) is 0 Å². The Bertz CT molecular complexity index is 204. The Morgan fingerprint density at radius 2 is 2.00 bits per heavy atom. The third kappa shape index (κ3) is 2.64. The normalized spacial score (nSPS) is 12.8. The summed E-state index contributed by atoms with van der Waals surface area (Å²) in [6.07, 6.45) is 1.07. The molecule has 2 nitrogen and oxygen atoms in total. The van der Waals surface area contributed by atoms with Crippen LogP contribution >= 0.6 is 0 Å². The lowest BCUT2D eigenvalue weighted by molar-refractivity contribution is -0.372. The first-order chi connectivity index (χ1) is 5.86. The van der Waals surface area contributed by atoms with Crippen LogP contribution in [0.2, 0.25) is 0 Å². The smallest absolute Gasteiger partial charge is 0.0899 e.